The third kappa shape index (κ3) is 5.41. The Morgan fingerprint density at radius 2 is 2.12 bits per heavy atom. The molecule has 0 unspecified atom stereocenters. The van der Waals surface area contributed by atoms with Crippen molar-refractivity contribution in [2.45, 2.75) is 20.3 Å². The van der Waals surface area contributed by atoms with Crippen molar-refractivity contribution in [3.05, 3.63) is 12.2 Å². The second-order valence-corrected chi connectivity index (χ2v) is 2.07. The van der Waals surface area contributed by atoms with Crippen molar-refractivity contribution >= 4 is 6.29 Å². The molecule has 1 heteroatoms. The van der Waals surface area contributed by atoms with Gasteiger partial charge in [0.2, 0.25) is 0 Å². The summed E-state index contributed by atoms with van der Waals surface area (Å²) in [6.45, 7) is 4.17. The Kier molecular flexibility index (Phi) is 4.23. The van der Waals surface area contributed by atoms with Gasteiger partial charge in [-0.15, -0.1) is 0 Å². The lowest BCUT2D eigenvalue weighted by Crippen LogP contribution is -1.76. The lowest BCUT2D eigenvalue weighted by molar-refractivity contribution is -0.107. The van der Waals surface area contributed by atoms with E-state index in [1.807, 2.05) is 12.2 Å². The fourth-order valence-electron chi connectivity index (χ4n) is 0.406. The summed E-state index contributed by atoms with van der Waals surface area (Å²) in [4.78, 5) is 9.74. The Balaban J connectivity index is 3.19. The molecule has 0 aliphatic heterocycles. The van der Waals surface area contributed by atoms with Gasteiger partial charge in [0.1, 0.15) is 6.29 Å². The van der Waals surface area contributed by atoms with E-state index >= 15 is 0 Å². The van der Waals surface area contributed by atoms with Crippen molar-refractivity contribution in [3.63, 3.8) is 0 Å². The topological polar surface area (TPSA) is 17.1 Å². The third-order valence-electron chi connectivity index (χ3n) is 0.753. The van der Waals surface area contributed by atoms with Gasteiger partial charge >= 0.3 is 0 Å². The van der Waals surface area contributed by atoms with Crippen LogP contribution in [0, 0.1) is 5.92 Å². The standard InChI is InChI=1S/C7H12O/c1-7(2)5-3-4-6-8/h3,5-7H,4H2,1-2H3. The van der Waals surface area contributed by atoms with E-state index in [1.54, 1.807) is 0 Å². The molecule has 0 saturated carbocycles. The Morgan fingerprint density at radius 1 is 1.50 bits per heavy atom. The van der Waals surface area contributed by atoms with Crippen LogP contribution in [0.3, 0.4) is 0 Å². The van der Waals surface area contributed by atoms with Gasteiger partial charge in [-0.2, -0.15) is 0 Å². The van der Waals surface area contributed by atoms with Crippen molar-refractivity contribution < 1.29 is 4.79 Å². The molecule has 0 bridgehead atoms. The zero-order chi connectivity index (χ0) is 6.41. The molecule has 0 fully saturated rings. The van der Waals surface area contributed by atoms with Crippen LogP contribution < -0.4 is 0 Å². The molecule has 0 amide bonds. The van der Waals surface area contributed by atoms with E-state index < -0.39 is 0 Å². The first-order valence-electron chi connectivity index (χ1n) is 2.87. The first-order chi connectivity index (χ1) is 3.77. The van der Waals surface area contributed by atoms with Gasteiger partial charge in [-0.25, -0.2) is 0 Å². The highest BCUT2D eigenvalue weighted by atomic mass is 16.1. The highest BCUT2D eigenvalue weighted by Gasteiger charge is 1.80. The summed E-state index contributed by atoms with van der Waals surface area (Å²) in [5.41, 5.74) is 0. The van der Waals surface area contributed by atoms with E-state index in [1.165, 1.54) is 0 Å². The fraction of sp³-hybridized carbons (Fsp3) is 0.571. The van der Waals surface area contributed by atoms with E-state index in [-0.39, 0.29) is 0 Å². The van der Waals surface area contributed by atoms with Crippen LogP contribution in [0.2, 0.25) is 0 Å². The zero-order valence-electron chi connectivity index (χ0n) is 5.42. The molecule has 0 N–H and O–H groups in total. The van der Waals surface area contributed by atoms with Crippen molar-refractivity contribution in [2.75, 3.05) is 0 Å². The van der Waals surface area contributed by atoms with Crippen LogP contribution in [0.1, 0.15) is 20.3 Å². The Bertz CT molecular complexity index is 82.4. The van der Waals surface area contributed by atoms with Gasteiger partial charge in [0, 0.05) is 6.42 Å². The van der Waals surface area contributed by atoms with E-state index in [0.29, 0.717) is 12.3 Å². The molecular formula is C7H12O. The molecule has 0 aliphatic rings. The minimum Gasteiger partial charge on any atom is -0.303 e. The Labute approximate surface area is 50.4 Å². The smallest absolute Gasteiger partial charge is 0.123 e. The van der Waals surface area contributed by atoms with E-state index in [2.05, 4.69) is 13.8 Å². The normalized spacial score (nSPS) is 10.9. The van der Waals surface area contributed by atoms with Crippen molar-refractivity contribution in [1.29, 1.82) is 0 Å². The van der Waals surface area contributed by atoms with Crippen LogP contribution in [-0.2, 0) is 4.79 Å². The highest BCUT2D eigenvalue weighted by molar-refractivity contribution is 5.51. The summed E-state index contributed by atoms with van der Waals surface area (Å²) in [5, 5.41) is 0. The van der Waals surface area contributed by atoms with E-state index in [9.17, 15) is 4.79 Å². The lowest BCUT2D eigenvalue weighted by Gasteiger charge is -1.88. The fourth-order valence-corrected chi connectivity index (χ4v) is 0.406. The van der Waals surface area contributed by atoms with Gasteiger partial charge in [0.25, 0.3) is 0 Å². The van der Waals surface area contributed by atoms with E-state index in [0.717, 1.165) is 6.29 Å². The van der Waals surface area contributed by atoms with Crippen molar-refractivity contribution in [1.82, 2.24) is 0 Å². The van der Waals surface area contributed by atoms with Gasteiger partial charge in [0.15, 0.2) is 0 Å². The molecule has 0 radical (unpaired) electrons. The summed E-state index contributed by atoms with van der Waals surface area (Å²) in [7, 11) is 0. The largest absolute Gasteiger partial charge is 0.303 e. The number of allylic oxidation sites excluding steroid dienone is 2. The number of rotatable bonds is 3. The van der Waals surface area contributed by atoms with Crippen LogP contribution >= 0.6 is 0 Å². The lowest BCUT2D eigenvalue weighted by atomic mass is 10.2. The molecule has 0 rings (SSSR count). The van der Waals surface area contributed by atoms with Crippen LogP contribution in [0.25, 0.3) is 0 Å². The number of hydrogen-bond acceptors (Lipinski definition) is 1. The molecule has 0 aromatic carbocycles. The monoisotopic (exact) mass is 112 g/mol. The SMILES string of the molecule is CC(C)C=CCC=O. The van der Waals surface area contributed by atoms with Crippen LogP contribution in [-0.4, -0.2) is 6.29 Å². The molecule has 8 heavy (non-hydrogen) atoms. The molecule has 46 valence electrons. The summed E-state index contributed by atoms with van der Waals surface area (Å²) < 4.78 is 0. The Hall–Kier alpha value is -0.590. The maximum Gasteiger partial charge on any atom is 0.123 e. The first kappa shape index (κ1) is 7.41. The highest BCUT2D eigenvalue weighted by Crippen LogP contribution is 1.93. The minimum atomic E-state index is 0.554. The molecule has 0 aromatic rings. The number of aldehydes is 1. The third-order valence-corrected chi connectivity index (χ3v) is 0.753. The van der Waals surface area contributed by atoms with E-state index in [4.69, 9.17) is 0 Å². The molecule has 0 heterocycles. The second kappa shape index (κ2) is 4.57. The summed E-state index contributed by atoms with van der Waals surface area (Å²) in [6.07, 6.45) is 5.36. The summed E-state index contributed by atoms with van der Waals surface area (Å²) in [5.74, 6) is 0.565. The predicted octanol–water partition coefficient (Wildman–Crippen LogP) is 1.79. The average Bonchev–Trinajstić information content (AvgIpc) is 1.66. The average molecular weight is 112 g/mol. The maximum absolute atomic E-state index is 9.74. The van der Waals surface area contributed by atoms with Crippen molar-refractivity contribution in [3.8, 4) is 0 Å². The Morgan fingerprint density at radius 3 is 2.50 bits per heavy atom. The second-order valence-electron chi connectivity index (χ2n) is 2.07. The molecule has 0 atom stereocenters. The summed E-state index contributed by atoms with van der Waals surface area (Å²) >= 11 is 0. The molecule has 0 spiro atoms. The van der Waals surface area contributed by atoms with Gasteiger partial charge in [-0.1, -0.05) is 26.0 Å². The first-order valence-corrected chi connectivity index (χ1v) is 2.87. The number of carbonyl (C=O) groups is 1. The van der Waals surface area contributed by atoms with Gasteiger partial charge in [-0.3, -0.25) is 0 Å². The van der Waals surface area contributed by atoms with Gasteiger partial charge in [0.05, 0.1) is 0 Å². The molecule has 0 aliphatic carbocycles. The van der Waals surface area contributed by atoms with Crippen molar-refractivity contribution in [2.24, 2.45) is 5.92 Å². The predicted molar refractivity (Wildman–Crippen MR) is 34.7 cm³/mol. The van der Waals surface area contributed by atoms with Crippen LogP contribution in [0.5, 0.6) is 0 Å². The molecular weight excluding hydrogens is 100 g/mol. The molecule has 0 saturated heterocycles. The number of carbonyl (C=O) groups excluding carboxylic acids is 1. The van der Waals surface area contributed by atoms with Crippen LogP contribution in [0.15, 0.2) is 12.2 Å². The van der Waals surface area contributed by atoms with Gasteiger partial charge < -0.3 is 4.79 Å². The number of hydrogen-bond donors (Lipinski definition) is 0. The maximum atomic E-state index is 9.74. The zero-order valence-corrected chi connectivity index (χ0v) is 5.42. The molecule has 0 aromatic heterocycles. The molecule has 1 nitrogen and oxygen atoms in total. The minimum absolute atomic E-state index is 0.554. The van der Waals surface area contributed by atoms with Gasteiger partial charge in [-0.05, 0) is 5.92 Å². The quantitative estimate of drug-likeness (QED) is 0.402. The summed E-state index contributed by atoms with van der Waals surface area (Å²) in [6, 6.07) is 0. The van der Waals surface area contributed by atoms with Crippen LogP contribution in [0.4, 0.5) is 0 Å².